The number of aliphatic imine (C=N–C) groups is 1. The van der Waals surface area contributed by atoms with Gasteiger partial charge in [0.1, 0.15) is 0 Å². The SMILES string of the molecule is CCNC(=NCCN1CCN(c2ncccn2)CC1)NC1CCC(C)CC1. The second kappa shape index (κ2) is 10.4. The Morgan fingerprint density at radius 1 is 1.11 bits per heavy atom. The molecule has 1 saturated carbocycles. The highest BCUT2D eigenvalue weighted by Gasteiger charge is 2.20. The first kappa shape index (κ1) is 19.9. The first-order chi connectivity index (χ1) is 13.2. The number of hydrogen-bond donors (Lipinski definition) is 2. The van der Waals surface area contributed by atoms with Crippen molar-refractivity contribution in [3.8, 4) is 0 Å². The summed E-state index contributed by atoms with van der Waals surface area (Å²) in [7, 11) is 0. The number of guanidine groups is 1. The van der Waals surface area contributed by atoms with Crippen molar-refractivity contribution in [3.05, 3.63) is 18.5 Å². The van der Waals surface area contributed by atoms with Gasteiger partial charge in [-0.25, -0.2) is 9.97 Å². The number of piperazine rings is 1. The first-order valence-corrected chi connectivity index (χ1v) is 10.5. The monoisotopic (exact) mass is 373 g/mol. The fraction of sp³-hybridized carbons (Fsp3) is 0.750. The molecule has 2 aliphatic rings. The summed E-state index contributed by atoms with van der Waals surface area (Å²) >= 11 is 0. The Hall–Kier alpha value is -1.89. The third kappa shape index (κ3) is 6.34. The number of hydrogen-bond acceptors (Lipinski definition) is 5. The smallest absolute Gasteiger partial charge is 0.225 e. The molecular formula is C20H35N7. The van der Waals surface area contributed by atoms with Crippen LogP contribution in [0.5, 0.6) is 0 Å². The average Bonchev–Trinajstić information content (AvgIpc) is 2.71. The minimum Gasteiger partial charge on any atom is -0.357 e. The molecule has 2 heterocycles. The summed E-state index contributed by atoms with van der Waals surface area (Å²) in [5, 5.41) is 7.04. The van der Waals surface area contributed by atoms with Crippen molar-refractivity contribution in [2.45, 2.75) is 45.6 Å². The van der Waals surface area contributed by atoms with Gasteiger partial charge in [-0.05, 0) is 44.6 Å². The molecular weight excluding hydrogens is 338 g/mol. The van der Waals surface area contributed by atoms with Crippen LogP contribution in [0.2, 0.25) is 0 Å². The number of aromatic nitrogens is 2. The van der Waals surface area contributed by atoms with Crippen LogP contribution in [0.4, 0.5) is 5.95 Å². The summed E-state index contributed by atoms with van der Waals surface area (Å²) in [6, 6.07) is 2.44. The molecule has 150 valence electrons. The van der Waals surface area contributed by atoms with Crippen LogP contribution in [0.15, 0.2) is 23.5 Å². The van der Waals surface area contributed by atoms with E-state index in [0.29, 0.717) is 6.04 Å². The zero-order chi connectivity index (χ0) is 18.9. The maximum absolute atomic E-state index is 4.81. The van der Waals surface area contributed by atoms with Gasteiger partial charge in [-0.1, -0.05) is 6.92 Å². The standard InChI is InChI=1S/C20H35N7/c1-3-21-19(25-18-7-5-17(2)6-8-18)22-11-12-26-13-15-27(16-14-26)20-23-9-4-10-24-20/h4,9-10,17-18H,3,5-8,11-16H2,1-2H3,(H2,21,22,25). The van der Waals surface area contributed by atoms with Gasteiger partial charge >= 0.3 is 0 Å². The lowest BCUT2D eigenvalue weighted by Crippen LogP contribution is -2.48. The van der Waals surface area contributed by atoms with Crippen molar-refractivity contribution in [2.75, 3.05) is 50.7 Å². The van der Waals surface area contributed by atoms with Gasteiger partial charge in [0.05, 0.1) is 6.54 Å². The molecule has 0 aromatic carbocycles. The van der Waals surface area contributed by atoms with Crippen LogP contribution in [0, 0.1) is 5.92 Å². The minimum absolute atomic E-state index is 0.577. The zero-order valence-electron chi connectivity index (χ0n) is 16.9. The second-order valence-electron chi connectivity index (χ2n) is 7.74. The van der Waals surface area contributed by atoms with E-state index in [9.17, 15) is 0 Å². The van der Waals surface area contributed by atoms with E-state index in [1.54, 1.807) is 0 Å². The maximum Gasteiger partial charge on any atom is 0.225 e. The van der Waals surface area contributed by atoms with Gasteiger partial charge in [0.15, 0.2) is 5.96 Å². The van der Waals surface area contributed by atoms with Gasteiger partial charge in [-0.15, -0.1) is 0 Å². The Labute approximate surface area is 163 Å². The number of nitrogens with one attached hydrogen (secondary N) is 2. The second-order valence-corrected chi connectivity index (χ2v) is 7.74. The van der Waals surface area contributed by atoms with Crippen molar-refractivity contribution in [3.63, 3.8) is 0 Å². The molecule has 0 bridgehead atoms. The Balaban J connectivity index is 1.40. The first-order valence-electron chi connectivity index (χ1n) is 10.5. The van der Waals surface area contributed by atoms with Crippen LogP contribution in [-0.2, 0) is 0 Å². The molecule has 0 spiro atoms. The molecule has 1 aliphatic heterocycles. The van der Waals surface area contributed by atoms with E-state index < -0.39 is 0 Å². The lowest BCUT2D eigenvalue weighted by molar-refractivity contribution is 0.263. The Kier molecular flexibility index (Phi) is 7.68. The molecule has 2 N–H and O–H groups in total. The summed E-state index contributed by atoms with van der Waals surface area (Å²) in [4.78, 5) is 18.3. The van der Waals surface area contributed by atoms with Crippen LogP contribution in [-0.4, -0.2) is 72.7 Å². The van der Waals surface area contributed by atoms with E-state index in [-0.39, 0.29) is 0 Å². The van der Waals surface area contributed by atoms with Crippen molar-refractivity contribution in [1.82, 2.24) is 25.5 Å². The van der Waals surface area contributed by atoms with Crippen LogP contribution in [0.3, 0.4) is 0 Å². The van der Waals surface area contributed by atoms with E-state index in [4.69, 9.17) is 4.99 Å². The topological polar surface area (TPSA) is 68.7 Å². The molecule has 0 radical (unpaired) electrons. The molecule has 1 aromatic rings. The molecule has 0 amide bonds. The van der Waals surface area contributed by atoms with Crippen LogP contribution < -0.4 is 15.5 Å². The molecule has 2 fully saturated rings. The average molecular weight is 374 g/mol. The molecule has 1 saturated heterocycles. The van der Waals surface area contributed by atoms with E-state index in [1.165, 1.54) is 25.7 Å². The summed E-state index contributed by atoms with van der Waals surface area (Å²) in [6.45, 7) is 11.3. The Morgan fingerprint density at radius 2 is 1.81 bits per heavy atom. The van der Waals surface area contributed by atoms with Gasteiger partial charge in [-0.3, -0.25) is 9.89 Å². The van der Waals surface area contributed by atoms with Gasteiger partial charge in [0, 0.05) is 57.7 Å². The fourth-order valence-corrected chi connectivity index (χ4v) is 3.85. The molecule has 27 heavy (non-hydrogen) atoms. The van der Waals surface area contributed by atoms with E-state index in [2.05, 4.69) is 44.2 Å². The highest BCUT2D eigenvalue weighted by Crippen LogP contribution is 2.23. The highest BCUT2D eigenvalue weighted by atomic mass is 15.3. The van der Waals surface area contributed by atoms with E-state index in [1.807, 2.05) is 18.5 Å². The Bertz CT molecular complexity index is 561. The molecule has 1 aromatic heterocycles. The lowest BCUT2D eigenvalue weighted by atomic mass is 9.87. The fourth-order valence-electron chi connectivity index (χ4n) is 3.85. The van der Waals surface area contributed by atoms with Crippen molar-refractivity contribution in [1.29, 1.82) is 0 Å². The van der Waals surface area contributed by atoms with E-state index >= 15 is 0 Å². The highest BCUT2D eigenvalue weighted by molar-refractivity contribution is 5.80. The Morgan fingerprint density at radius 3 is 2.48 bits per heavy atom. The van der Waals surface area contributed by atoms with Crippen molar-refractivity contribution < 1.29 is 0 Å². The molecule has 7 nitrogen and oxygen atoms in total. The largest absolute Gasteiger partial charge is 0.357 e. The third-order valence-electron chi connectivity index (χ3n) is 5.59. The van der Waals surface area contributed by atoms with Crippen LogP contribution in [0.1, 0.15) is 39.5 Å². The number of rotatable bonds is 6. The van der Waals surface area contributed by atoms with Crippen LogP contribution >= 0.6 is 0 Å². The minimum atomic E-state index is 0.577. The van der Waals surface area contributed by atoms with Crippen LogP contribution in [0.25, 0.3) is 0 Å². The lowest BCUT2D eigenvalue weighted by Gasteiger charge is -2.34. The van der Waals surface area contributed by atoms with Crippen molar-refractivity contribution >= 4 is 11.9 Å². The number of anilines is 1. The molecule has 7 heteroatoms. The molecule has 0 atom stereocenters. The van der Waals surface area contributed by atoms with Gasteiger partial charge in [-0.2, -0.15) is 0 Å². The quantitative estimate of drug-likeness (QED) is 0.585. The predicted octanol–water partition coefficient (Wildman–Crippen LogP) is 1.73. The zero-order valence-corrected chi connectivity index (χ0v) is 16.9. The molecule has 1 aliphatic carbocycles. The summed E-state index contributed by atoms with van der Waals surface area (Å²) in [6.07, 6.45) is 8.79. The van der Waals surface area contributed by atoms with Crippen molar-refractivity contribution in [2.24, 2.45) is 10.9 Å². The molecule has 0 unspecified atom stereocenters. The van der Waals surface area contributed by atoms with Gasteiger partial charge < -0.3 is 15.5 Å². The summed E-state index contributed by atoms with van der Waals surface area (Å²) < 4.78 is 0. The number of nitrogens with zero attached hydrogens (tertiary/aromatic N) is 5. The van der Waals surface area contributed by atoms with Gasteiger partial charge in [0.25, 0.3) is 0 Å². The predicted molar refractivity (Wildman–Crippen MR) is 111 cm³/mol. The summed E-state index contributed by atoms with van der Waals surface area (Å²) in [5.74, 6) is 2.70. The third-order valence-corrected chi connectivity index (χ3v) is 5.59. The maximum atomic E-state index is 4.81. The normalized spacial score (nSPS) is 24.7. The van der Waals surface area contributed by atoms with Gasteiger partial charge in [0.2, 0.25) is 5.95 Å². The summed E-state index contributed by atoms with van der Waals surface area (Å²) in [5.41, 5.74) is 0. The molecule has 3 rings (SSSR count). The van der Waals surface area contributed by atoms with E-state index in [0.717, 1.165) is 63.6 Å².